The standard InChI is InChI=1S/C15H26N2O2S/c1-4-15(5-2)17-20(18,19)12-14-9-7-8-13(10-14)11-16-6-3/h7-10,15-17H,4-6,11-12H2,1-3H3. The van der Waals surface area contributed by atoms with Gasteiger partial charge in [0.05, 0.1) is 5.75 Å². The molecule has 0 unspecified atom stereocenters. The summed E-state index contributed by atoms with van der Waals surface area (Å²) < 4.78 is 27.0. The molecule has 0 amide bonds. The maximum atomic E-state index is 12.1. The van der Waals surface area contributed by atoms with Crippen molar-refractivity contribution in [2.45, 2.75) is 52.0 Å². The van der Waals surface area contributed by atoms with Crippen LogP contribution >= 0.6 is 0 Å². The normalized spacial score (nSPS) is 12.0. The van der Waals surface area contributed by atoms with Crippen molar-refractivity contribution in [3.05, 3.63) is 35.4 Å². The molecule has 0 fully saturated rings. The van der Waals surface area contributed by atoms with Crippen LogP contribution in [0.1, 0.15) is 44.7 Å². The van der Waals surface area contributed by atoms with Gasteiger partial charge in [-0.25, -0.2) is 13.1 Å². The third-order valence-corrected chi connectivity index (χ3v) is 4.66. The van der Waals surface area contributed by atoms with Crippen LogP contribution in [-0.4, -0.2) is 21.0 Å². The zero-order valence-electron chi connectivity index (χ0n) is 12.6. The fourth-order valence-electron chi connectivity index (χ4n) is 2.07. The van der Waals surface area contributed by atoms with Crippen molar-refractivity contribution < 1.29 is 8.42 Å². The second-order valence-corrected chi connectivity index (χ2v) is 6.74. The van der Waals surface area contributed by atoms with E-state index >= 15 is 0 Å². The molecule has 0 bridgehead atoms. The summed E-state index contributed by atoms with van der Waals surface area (Å²) in [5.41, 5.74) is 1.95. The Balaban J connectivity index is 2.71. The molecule has 1 aromatic carbocycles. The molecule has 114 valence electrons. The van der Waals surface area contributed by atoms with Crippen LogP contribution in [0.25, 0.3) is 0 Å². The zero-order valence-corrected chi connectivity index (χ0v) is 13.5. The molecule has 0 aliphatic carbocycles. The minimum Gasteiger partial charge on any atom is -0.313 e. The van der Waals surface area contributed by atoms with Crippen LogP contribution in [0.3, 0.4) is 0 Å². The SMILES string of the molecule is CCNCc1cccc(CS(=O)(=O)NC(CC)CC)c1. The monoisotopic (exact) mass is 298 g/mol. The summed E-state index contributed by atoms with van der Waals surface area (Å²) in [6, 6.07) is 7.77. The lowest BCUT2D eigenvalue weighted by Crippen LogP contribution is -2.34. The third-order valence-electron chi connectivity index (χ3n) is 3.26. The second-order valence-electron chi connectivity index (χ2n) is 4.99. The minimum atomic E-state index is -3.27. The van der Waals surface area contributed by atoms with Gasteiger partial charge >= 0.3 is 0 Å². The van der Waals surface area contributed by atoms with Gasteiger partial charge in [0.1, 0.15) is 0 Å². The van der Waals surface area contributed by atoms with Crippen LogP contribution in [0.4, 0.5) is 0 Å². The molecule has 0 aromatic heterocycles. The van der Waals surface area contributed by atoms with Gasteiger partial charge in [-0.1, -0.05) is 45.0 Å². The van der Waals surface area contributed by atoms with Crippen molar-refractivity contribution in [2.75, 3.05) is 6.54 Å². The first-order valence-electron chi connectivity index (χ1n) is 7.29. The first kappa shape index (κ1) is 17.1. The Kier molecular flexibility index (Phi) is 7.19. The van der Waals surface area contributed by atoms with Gasteiger partial charge in [0.15, 0.2) is 0 Å². The van der Waals surface area contributed by atoms with Gasteiger partial charge in [-0.3, -0.25) is 0 Å². The molecule has 0 saturated carbocycles. The predicted molar refractivity (Wildman–Crippen MR) is 84.0 cm³/mol. The lowest BCUT2D eigenvalue weighted by Gasteiger charge is -2.15. The Morgan fingerprint density at radius 2 is 1.75 bits per heavy atom. The Morgan fingerprint density at radius 1 is 1.10 bits per heavy atom. The van der Waals surface area contributed by atoms with E-state index in [4.69, 9.17) is 0 Å². The summed E-state index contributed by atoms with van der Waals surface area (Å²) in [7, 11) is -3.27. The first-order chi connectivity index (χ1) is 9.50. The number of hydrogen-bond donors (Lipinski definition) is 2. The van der Waals surface area contributed by atoms with Crippen molar-refractivity contribution in [3.63, 3.8) is 0 Å². The van der Waals surface area contributed by atoms with Crippen LogP contribution in [0.2, 0.25) is 0 Å². The molecule has 4 nitrogen and oxygen atoms in total. The highest BCUT2D eigenvalue weighted by molar-refractivity contribution is 7.88. The molecule has 0 aliphatic rings. The van der Waals surface area contributed by atoms with Crippen LogP contribution in [0.5, 0.6) is 0 Å². The van der Waals surface area contributed by atoms with E-state index in [1.807, 2.05) is 45.0 Å². The van der Waals surface area contributed by atoms with E-state index in [1.54, 1.807) is 0 Å². The summed E-state index contributed by atoms with van der Waals surface area (Å²) in [4.78, 5) is 0. The third kappa shape index (κ3) is 6.03. The Morgan fingerprint density at radius 3 is 2.35 bits per heavy atom. The molecule has 2 N–H and O–H groups in total. The Bertz CT molecular complexity index is 496. The fraction of sp³-hybridized carbons (Fsp3) is 0.600. The molecule has 1 aromatic rings. The van der Waals surface area contributed by atoms with Gasteiger partial charge in [0.2, 0.25) is 10.0 Å². The molecule has 5 heteroatoms. The molecule has 0 radical (unpaired) electrons. The molecular weight excluding hydrogens is 272 g/mol. The fourth-order valence-corrected chi connectivity index (χ4v) is 3.61. The summed E-state index contributed by atoms with van der Waals surface area (Å²) in [6.45, 7) is 7.71. The van der Waals surface area contributed by atoms with Crippen molar-refractivity contribution in [1.29, 1.82) is 0 Å². The summed E-state index contributed by atoms with van der Waals surface area (Å²) >= 11 is 0. The number of benzene rings is 1. The summed E-state index contributed by atoms with van der Waals surface area (Å²) in [5, 5.41) is 3.24. The Hall–Kier alpha value is -0.910. The van der Waals surface area contributed by atoms with Gasteiger partial charge in [0, 0.05) is 12.6 Å². The molecule has 0 atom stereocenters. The van der Waals surface area contributed by atoms with Crippen LogP contribution in [0.15, 0.2) is 24.3 Å². The van der Waals surface area contributed by atoms with E-state index in [9.17, 15) is 8.42 Å². The van der Waals surface area contributed by atoms with E-state index in [1.165, 1.54) is 0 Å². The average molecular weight is 298 g/mol. The largest absolute Gasteiger partial charge is 0.313 e. The van der Waals surface area contributed by atoms with Crippen molar-refractivity contribution in [2.24, 2.45) is 0 Å². The maximum absolute atomic E-state index is 12.1. The number of sulfonamides is 1. The topological polar surface area (TPSA) is 58.2 Å². The molecule has 0 saturated heterocycles. The smallest absolute Gasteiger partial charge is 0.216 e. The van der Waals surface area contributed by atoms with Crippen LogP contribution in [0, 0.1) is 0 Å². The Labute approximate surface area is 123 Å². The highest BCUT2D eigenvalue weighted by Crippen LogP contribution is 2.10. The number of hydrogen-bond acceptors (Lipinski definition) is 3. The summed E-state index contributed by atoms with van der Waals surface area (Å²) in [6.07, 6.45) is 1.63. The van der Waals surface area contributed by atoms with E-state index in [0.29, 0.717) is 0 Å². The summed E-state index contributed by atoms with van der Waals surface area (Å²) in [5.74, 6) is 0.0451. The van der Waals surface area contributed by atoms with Crippen molar-refractivity contribution in [3.8, 4) is 0 Å². The molecule has 0 heterocycles. The number of nitrogens with one attached hydrogen (secondary N) is 2. The van der Waals surface area contributed by atoms with Gasteiger partial charge in [-0.2, -0.15) is 0 Å². The highest BCUT2D eigenvalue weighted by atomic mass is 32.2. The van der Waals surface area contributed by atoms with E-state index in [0.717, 1.165) is 37.1 Å². The van der Waals surface area contributed by atoms with Crippen molar-refractivity contribution >= 4 is 10.0 Å². The number of rotatable bonds is 9. The predicted octanol–water partition coefficient (Wildman–Crippen LogP) is 2.40. The van der Waals surface area contributed by atoms with Gasteiger partial charge in [-0.05, 0) is 30.5 Å². The lowest BCUT2D eigenvalue weighted by molar-refractivity contribution is 0.529. The van der Waals surface area contributed by atoms with Gasteiger partial charge in [0.25, 0.3) is 0 Å². The first-order valence-corrected chi connectivity index (χ1v) is 8.94. The molecule has 1 rings (SSSR count). The average Bonchev–Trinajstić information content (AvgIpc) is 2.42. The van der Waals surface area contributed by atoms with E-state index < -0.39 is 10.0 Å². The molecular formula is C15H26N2O2S. The zero-order chi connectivity index (χ0) is 15.0. The van der Waals surface area contributed by atoms with E-state index in [2.05, 4.69) is 10.0 Å². The highest BCUT2D eigenvalue weighted by Gasteiger charge is 2.16. The quantitative estimate of drug-likeness (QED) is 0.736. The van der Waals surface area contributed by atoms with E-state index in [-0.39, 0.29) is 11.8 Å². The van der Waals surface area contributed by atoms with Gasteiger partial charge < -0.3 is 5.32 Å². The molecule has 0 aliphatic heterocycles. The lowest BCUT2D eigenvalue weighted by atomic mass is 10.1. The maximum Gasteiger partial charge on any atom is 0.216 e. The van der Waals surface area contributed by atoms with Crippen LogP contribution < -0.4 is 10.0 Å². The van der Waals surface area contributed by atoms with Gasteiger partial charge in [-0.15, -0.1) is 0 Å². The van der Waals surface area contributed by atoms with Crippen LogP contribution in [-0.2, 0) is 22.3 Å². The molecule has 0 spiro atoms. The molecule has 20 heavy (non-hydrogen) atoms. The second kappa shape index (κ2) is 8.39. The van der Waals surface area contributed by atoms with Crippen molar-refractivity contribution in [1.82, 2.24) is 10.0 Å². The minimum absolute atomic E-state index is 0.0324.